The topological polar surface area (TPSA) is 78.0 Å². The zero-order valence-electron chi connectivity index (χ0n) is 18.8. The van der Waals surface area contributed by atoms with Gasteiger partial charge in [-0.05, 0) is 55.8 Å². The predicted molar refractivity (Wildman–Crippen MR) is 140 cm³/mol. The van der Waals surface area contributed by atoms with Crippen LogP contribution in [0.3, 0.4) is 0 Å². The van der Waals surface area contributed by atoms with E-state index in [9.17, 15) is 4.79 Å². The molecule has 174 valence electrons. The zero-order valence-corrected chi connectivity index (χ0v) is 21.2. The van der Waals surface area contributed by atoms with Crippen LogP contribution in [0.1, 0.15) is 34.8 Å². The Morgan fingerprint density at radius 3 is 2.28 bits per heavy atom. The Morgan fingerprint density at radius 1 is 1.00 bits per heavy atom. The van der Waals surface area contributed by atoms with Gasteiger partial charge < -0.3 is 20.7 Å². The summed E-state index contributed by atoms with van der Waals surface area (Å²) in [5, 5.41) is 9.64. The van der Waals surface area contributed by atoms with Crippen LogP contribution in [0.2, 0.25) is 0 Å². The molecule has 1 aliphatic heterocycles. The fourth-order valence-electron chi connectivity index (χ4n) is 3.80. The van der Waals surface area contributed by atoms with Gasteiger partial charge in [-0.3, -0.25) is 14.7 Å². The van der Waals surface area contributed by atoms with Gasteiger partial charge in [0.1, 0.15) is 5.75 Å². The highest BCUT2D eigenvalue weighted by Crippen LogP contribution is 2.26. The first kappa shape index (κ1) is 25.9. The van der Waals surface area contributed by atoms with Crippen LogP contribution in [-0.2, 0) is 0 Å². The number of aliphatic imine (C=N–C) groups is 1. The molecule has 3 N–H and O–H groups in total. The lowest BCUT2D eigenvalue weighted by molar-refractivity contribution is 0.0954. The molecule has 0 radical (unpaired) electrons. The first-order valence-corrected chi connectivity index (χ1v) is 10.9. The molecule has 3 rings (SSSR count). The summed E-state index contributed by atoms with van der Waals surface area (Å²) in [6, 6.07) is 17.8. The van der Waals surface area contributed by atoms with Crippen LogP contribution < -0.4 is 20.7 Å². The number of rotatable bonds is 9. The maximum atomic E-state index is 12.1. The molecular formula is C24H34IN5O2. The van der Waals surface area contributed by atoms with Gasteiger partial charge in [-0.1, -0.05) is 30.3 Å². The van der Waals surface area contributed by atoms with Crippen LogP contribution in [0, 0.1) is 0 Å². The Morgan fingerprint density at radius 2 is 1.66 bits per heavy atom. The number of amides is 1. The third-order valence-electron chi connectivity index (χ3n) is 5.51. The number of nitrogens with zero attached hydrogens (tertiary/aromatic N) is 2. The lowest BCUT2D eigenvalue weighted by Crippen LogP contribution is -2.44. The number of hydrogen-bond acceptors (Lipinski definition) is 4. The molecule has 1 heterocycles. The van der Waals surface area contributed by atoms with Gasteiger partial charge >= 0.3 is 0 Å². The summed E-state index contributed by atoms with van der Waals surface area (Å²) in [6.07, 6.45) is 2.47. The number of likely N-dealkylation sites (tertiary alicyclic amines) is 1. The fraction of sp³-hybridized carbons (Fsp3) is 0.417. The van der Waals surface area contributed by atoms with E-state index in [2.05, 4.69) is 38.0 Å². The van der Waals surface area contributed by atoms with E-state index >= 15 is 0 Å². The lowest BCUT2D eigenvalue weighted by atomic mass is 10.1. The second-order valence-electron chi connectivity index (χ2n) is 7.53. The van der Waals surface area contributed by atoms with Crippen molar-refractivity contribution in [2.45, 2.75) is 18.9 Å². The van der Waals surface area contributed by atoms with Crippen LogP contribution in [0.5, 0.6) is 5.75 Å². The normalized spacial score (nSPS) is 14.9. The summed E-state index contributed by atoms with van der Waals surface area (Å²) in [6.45, 7) is 4.08. The molecule has 32 heavy (non-hydrogen) atoms. The van der Waals surface area contributed by atoms with Gasteiger partial charge in [0.25, 0.3) is 5.91 Å². The summed E-state index contributed by atoms with van der Waals surface area (Å²) in [5.74, 6) is 1.53. The van der Waals surface area contributed by atoms with Crippen LogP contribution in [0.25, 0.3) is 0 Å². The zero-order chi connectivity index (χ0) is 21.9. The van der Waals surface area contributed by atoms with Gasteiger partial charge in [0.05, 0.1) is 13.2 Å². The van der Waals surface area contributed by atoms with E-state index < -0.39 is 0 Å². The predicted octanol–water partition coefficient (Wildman–Crippen LogP) is 3.05. The Hall–Kier alpha value is -2.33. The van der Waals surface area contributed by atoms with E-state index in [-0.39, 0.29) is 35.9 Å². The summed E-state index contributed by atoms with van der Waals surface area (Å²) in [4.78, 5) is 19.0. The van der Waals surface area contributed by atoms with E-state index in [0.717, 1.165) is 31.3 Å². The standard InChI is InChI=1S/C24H33N5O2.HI/c1-25-24(27-15-14-26-23(30)20-8-4-3-5-9-20)28-18-22(29-16-6-7-17-29)19-10-12-21(31-2)13-11-19;/h3-5,8-13,22H,6-7,14-18H2,1-2H3,(H,26,30)(H2,25,27,28);1H. The van der Waals surface area contributed by atoms with Crippen molar-refractivity contribution >= 4 is 35.8 Å². The Kier molecular flexibility index (Phi) is 11.3. The van der Waals surface area contributed by atoms with E-state index in [0.29, 0.717) is 18.7 Å². The second-order valence-corrected chi connectivity index (χ2v) is 7.53. The van der Waals surface area contributed by atoms with Crippen molar-refractivity contribution in [3.63, 3.8) is 0 Å². The highest BCUT2D eigenvalue weighted by atomic mass is 127. The number of halogens is 1. The third kappa shape index (κ3) is 7.67. The number of benzene rings is 2. The third-order valence-corrected chi connectivity index (χ3v) is 5.51. The SMILES string of the molecule is CN=C(NCCNC(=O)c1ccccc1)NCC(c1ccc(OC)cc1)N1CCCC1.I. The van der Waals surface area contributed by atoms with Crippen LogP contribution in [-0.4, -0.2) is 63.6 Å². The first-order valence-electron chi connectivity index (χ1n) is 10.9. The summed E-state index contributed by atoms with van der Waals surface area (Å²) < 4.78 is 5.30. The quantitative estimate of drug-likeness (QED) is 0.193. The Labute approximate surface area is 208 Å². The van der Waals surface area contributed by atoms with Gasteiger partial charge in [-0.25, -0.2) is 0 Å². The molecule has 7 nitrogen and oxygen atoms in total. The van der Waals surface area contributed by atoms with Gasteiger partial charge in [-0.2, -0.15) is 0 Å². The molecule has 0 bridgehead atoms. The number of methoxy groups -OCH3 is 1. The van der Waals surface area contributed by atoms with Crippen molar-refractivity contribution in [1.29, 1.82) is 0 Å². The minimum Gasteiger partial charge on any atom is -0.497 e. The maximum Gasteiger partial charge on any atom is 0.251 e. The van der Waals surface area contributed by atoms with Crippen LogP contribution >= 0.6 is 24.0 Å². The molecule has 1 amide bonds. The molecule has 0 saturated carbocycles. The van der Waals surface area contributed by atoms with Gasteiger partial charge in [-0.15, -0.1) is 24.0 Å². The molecular weight excluding hydrogens is 517 g/mol. The van der Waals surface area contributed by atoms with Crippen molar-refractivity contribution in [3.05, 3.63) is 65.7 Å². The summed E-state index contributed by atoms with van der Waals surface area (Å²) >= 11 is 0. The maximum absolute atomic E-state index is 12.1. The van der Waals surface area contributed by atoms with E-state index in [4.69, 9.17) is 4.74 Å². The van der Waals surface area contributed by atoms with Crippen molar-refractivity contribution in [2.75, 3.05) is 46.9 Å². The van der Waals surface area contributed by atoms with Crippen LogP contribution in [0.15, 0.2) is 59.6 Å². The monoisotopic (exact) mass is 551 g/mol. The van der Waals surface area contributed by atoms with E-state index in [1.165, 1.54) is 18.4 Å². The minimum absolute atomic E-state index is 0. The molecule has 8 heteroatoms. The molecule has 1 fully saturated rings. The summed E-state index contributed by atoms with van der Waals surface area (Å²) in [5.41, 5.74) is 1.93. The second kappa shape index (κ2) is 13.9. The lowest BCUT2D eigenvalue weighted by Gasteiger charge is -2.29. The molecule has 2 aromatic rings. The largest absolute Gasteiger partial charge is 0.497 e. The molecule has 0 aromatic heterocycles. The highest BCUT2D eigenvalue weighted by molar-refractivity contribution is 14.0. The van der Waals surface area contributed by atoms with Crippen LogP contribution in [0.4, 0.5) is 0 Å². The first-order chi connectivity index (χ1) is 15.2. The van der Waals surface area contributed by atoms with E-state index in [1.54, 1.807) is 26.3 Å². The fourth-order valence-corrected chi connectivity index (χ4v) is 3.80. The molecule has 0 aliphatic carbocycles. The molecule has 2 aromatic carbocycles. The Balaban J connectivity index is 0.00000363. The average Bonchev–Trinajstić information content (AvgIpc) is 3.36. The molecule has 1 aliphatic rings. The number of carbonyl (C=O) groups excluding carboxylic acids is 1. The van der Waals surface area contributed by atoms with Gasteiger partial charge in [0.15, 0.2) is 5.96 Å². The van der Waals surface area contributed by atoms with Crippen molar-refractivity contribution in [3.8, 4) is 5.75 Å². The molecule has 1 unspecified atom stereocenters. The molecule has 1 saturated heterocycles. The van der Waals surface area contributed by atoms with Gasteiger partial charge in [0.2, 0.25) is 0 Å². The number of nitrogens with one attached hydrogen (secondary N) is 3. The Bertz CT molecular complexity index is 839. The van der Waals surface area contributed by atoms with Crippen molar-refractivity contribution in [2.24, 2.45) is 4.99 Å². The summed E-state index contributed by atoms with van der Waals surface area (Å²) in [7, 11) is 3.45. The van der Waals surface area contributed by atoms with Crippen molar-refractivity contribution in [1.82, 2.24) is 20.9 Å². The number of guanidine groups is 1. The number of hydrogen-bond donors (Lipinski definition) is 3. The smallest absolute Gasteiger partial charge is 0.251 e. The van der Waals surface area contributed by atoms with Crippen molar-refractivity contribution < 1.29 is 9.53 Å². The number of carbonyl (C=O) groups is 1. The minimum atomic E-state index is -0.0704. The molecule has 0 spiro atoms. The van der Waals surface area contributed by atoms with Gasteiger partial charge in [0, 0.05) is 32.2 Å². The number of ether oxygens (including phenoxy) is 1. The highest BCUT2D eigenvalue weighted by Gasteiger charge is 2.23. The average molecular weight is 551 g/mol. The molecule has 1 atom stereocenters. The van der Waals surface area contributed by atoms with E-state index in [1.807, 2.05) is 30.3 Å².